The number of carbonyl (C=O) groups is 2. The Kier molecular flexibility index (Phi) is 3.15. The molecule has 0 aliphatic rings. The number of hydrogen-bond donors (Lipinski definition) is 2. The molecule has 0 spiro atoms. The van der Waals surface area contributed by atoms with Crippen molar-refractivity contribution < 1.29 is 19.4 Å². The summed E-state index contributed by atoms with van der Waals surface area (Å²) >= 11 is 0. The van der Waals surface area contributed by atoms with Crippen LogP contribution in [0.3, 0.4) is 0 Å². The van der Waals surface area contributed by atoms with E-state index in [2.05, 4.69) is 14.8 Å². The maximum atomic E-state index is 11.2. The van der Waals surface area contributed by atoms with Crippen molar-refractivity contribution in [2.45, 2.75) is 0 Å². The predicted octanol–water partition coefficient (Wildman–Crippen LogP) is 0.334. The van der Waals surface area contributed by atoms with Gasteiger partial charge in [0.1, 0.15) is 6.33 Å². The van der Waals surface area contributed by atoms with Crippen molar-refractivity contribution in [3.63, 3.8) is 0 Å². The second-order valence-electron chi connectivity index (χ2n) is 3.58. The molecule has 2 rings (SSSR count). The Morgan fingerprint density at radius 3 is 2.79 bits per heavy atom. The van der Waals surface area contributed by atoms with Crippen LogP contribution in [0.2, 0.25) is 0 Å². The zero-order chi connectivity index (χ0) is 14.0. The number of nitrogens with two attached hydrogens (primary N) is 1. The molecular formula is C11H10N4O4. The van der Waals surface area contributed by atoms with E-state index in [9.17, 15) is 9.59 Å². The van der Waals surface area contributed by atoms with E-state index in [1.807, 2.05) is 0 Å². The first-order valence-corrected chi connectivity index (χ1v) is 5.16. The molecule has 1 aromatic heterocycles. The Balaban J connectivity index is 2.46. The molecule has 0 aliphatic heterocycles. The molecule has 0 fully saturated rings. The highest BCUT2D eigenvalue weighted by molar-refractivity contribution is 5.89. The molecule has 0 aliphatic carbocycles. The highest BCUT2D eigenvalue weighted by atomic mass is 16.5. The minimum Gasteiger partial charge on any atom is -0.478 e. The molecule has 8 nitrogen and oxygen atoms in total. The van der Waals surface area contributed by atoms with Gasteiger partial charge in [-0.15, -0.1) is 5.10 Å². The van der Waals surface area contributed by atoms with Gasteiger partial charge in [-0.1, -0.05) is 0 Å². The Morgan fingerprint density at radius 2 is 2.16 bits per heavy atom. The van der Waals surface area contributed by atoms with Gasteiger partial charge in [0.25, 0.3) is 5.82 Å². The maximum absolute atomic E-state index is 11.2. The highest BCUT2D eigenvalue weighted by Gasteiger charge is 2.14. The van der Waals surface area contributed by atoms with Gasteiger partial charge < -0.3 is 15.6 Å². The van der Waals surface area contributed by atoms with E-state index in [4.69, 9.17) is 10.8 Å². The molecule has 3 N–H and O–H groups in total. The number of nitrogen functional groups attached to an aromatic ring is 1. The number of nitrogens with zero attached hydrogens (tertiary/aromatic N) is 3. The zero-order valence-corrected chi connectivity index (χ0v) is 9.90. The lowest BCUT2D eigenvalue weighted by atomic mass is 10.2. The van der Waals surface area contributed by atoms with Crippen LogP contribution in [0, 0.1) is 0 Å². The van der Waals surface area contributed by atoms with Crippen molar-refractivity contribution in [3.8, 4) is 5.69 Å². The Morgan fingerprint density at radius 1 is 1.42 bits per heavy atom. The van der Waals surface area contributed by atoms with E-state index in [1.54, 1.807) is 0 Å². The minimum absolute atomic E-state index is 0.0549. The Labute approximate surface area is 107 Å². The van der Waals surface area contributed by atoms with E-state index in [-0.39, 0.29) is 11.4 Å². The van der Waals surface area contributed by atoms with Crippen molar-refractivity contribution in [1.29, 1.82) is 0 Å². The number of benzene rings is 1. The van der Waals surface area contributed by atoms with Gasteiger partial charge in [-0.05, 0) is 18.2 Å². The molecule has 1 heterocycles. The number of esters is 1. The predicted molar refractivity (Wildman–Crippen MR) is 64.1 cm³/mol. The molecular weight excluding hydrogens is 252 g/mol. The fourth-order valence-electron chi connectivity index (χ4n) is 1.44. The fraction of sp³-hybridized carbons (Fsp3) is 0.0909. The molecule has 98 valence electrons. The molecule has 19 heavy (non-hydrogen) atoms. The van der Waals surface area contributed by atoms with Crippen LogP contribution in [-0.2, 0) is 4.74 Å². The average Bonchev–Trinajstić information content (AvgIpc) is 2.87. The highest BCUT2D eigenvalue weighted by Crippen LogP contribution is 2.18. The summed E-state index contributed by atoms with van der Waals surface area (Å²) in [5.74, 6) is -1.91. The number of anilines is 1. The average molecular weight is 262 g/mol. The molecule has 1 aromatic carbocycles. The third-order valence-electron chi connectivity index (χ3n) is 2.38. The van der Waals surface area contributed by atoms with Gasteiger partial charge in [0.15, 0.2) is 0 Å². The summed E-state index contributed by atoms with van der Waals surface area (Å²) < 4.78 is 5.69. The zero-order valence-electron chi connectivity index (χ0n) is 9.90. The summed E-state index contributed by atoms with van der Waals surface area (Å²) in [5, 5.41) is 12.8. The minimum atomic E-state index is -1.09. The first-order valence-electron chi connectivity index (χ1n) is 5.16. The molecule has 0 saturated heterocycles. The molecule has 0 bridgehead atoms. The van der Waals surface area contributed by atoms with Crippen molar-refractivity contribution >= 4 is 17.6 Å². The number of hydrogen-bond acceptors (Lipinski definition) is 6. The van der Waals surface area contributed by atoms with Gasteiger partial charge >= 0.3 is 11.9 Å². The van der Waals surface area contributed by atoms with E-state index in [1.165, 1.54) is 36.3 Å². The quantitative estimate of drug-likeness (QED) is 0.604. The van der Waals surface area contributed by atoms with Gasteiger partial charge in [0, 0.05) is 0 Å². The third kappa shape index (κ3) is 2.37. The van der Waals surface area contributed by atoms with Crippen molar-refractivity contribution in [1.82, 2.24) is 14.8 Å². The molecule has 0 saturated carbocycles. The Hall–Kier alpha value is -2.90. The van der Waals surface area contributed by atoms with Gasteiger partial charge in [0.05, 0.1) is 24.0 Å². The van der Waals surface area contributed by atoms with Gasteiger partial charge in [-0.25, -0.2) is 19.3 Å². The van der Waals surface area contributed by atoms with Gasteiger partial charge in [-0.3, -0.25) is 0 Å². The summed E-state index contributed by atoms with van der Waals surface area (Å²) in [7, 11) is 1.21. The second kappa shape index (κ2) is 4.77. The van der Waals surface area contributed by atoms with Crippen LogP contribution < -0.4 is 5.73 Å². The fourth-order valence-corrected chi connectivity index (χ4v) is 1.44. The van der Waals surface area contributed by atoms with Crippen molar-refractivity contribution in [2.75, 3.05) is 12.8 Å². The summed E-state index contributed by atoms with van der Waals surface area (Å²) in [5.41, 5.74) is 6.43. The standard InChI is InChI=1S/C11H10N4O4/c1-19-11(18)9-13-5-15(14-9)8-4-6(10(16)17)2-3-7(8)12/h2-5H,12H2,1H3,(H,16,17). The first-order chi connectivity index (χ1) is 9.02. The van der Waals surface area contributed by atoms with Crippen LogP contribution in [-0.4, -0.2) is 38.9 Å². The number of aromatic nitrogens is 3. The molecule has 0 unspecified atom stereocenters. The smallest absolute Gasteiger partial charge is 0.377 e. The molecule has 8 heteroatoms. The van der Waals surface area contributed by atoms with Crippen molar-refractivity contribution in [2.24, 2.45) is 0 Å². The van der Waals surface area contributed by atoms with Crippen LogP contribution in [0.5, 0.6) is 0 Å². The molecule has 0 radical (unpaired) electrons. The van der Waals surface area contributed by atoms with Crippen LogP contribution in [0.25, 0.3) is 5.69 Å². The lowest BCUT2D eigenvalue weighted by Crippen LogP contribution is -2.07. The lowest BCUT2D eigenvalue weighted by molar-refractivity contribution is 0.0586. The number of ether oxygens (including phenoxy) is 1. The van der Waals surface area contributed by atoms with Crippen LogP contribution in [0.4, 0.5) is 5.69 Å². The monoisotopic (exact) mass is 262 g/mol. The van der Waals surface area contributed by atoms with E-state index in [0.717, 1.165) is 0 Å². The maximum Gasteiger partial charge on any atom is 0.377 e. The SMILES string of the molecule is COC(=O)c1ncn(-c2cc(C(=O)O)ccc2N)n1. The molecule has 0 amide bonds. The largest absolute Gasteiger partial charge is 0.478 e. The number of methoxy groups -OCH3 is 1. The first kappa shape index (κ1) is 12.6. The topological polar surface area (TPSA) is 120 Å². The summed E-state index contributed by atoms with van der Waals surface area (Å²) in [6, 6.07) is 4.16. The van der Waals surface area contributed by atoms with Gasteiger partial charge in [0.2, 0.25) is 0 Å². The normalized spacial score (nSPS) is 10.2. The number of carboxylic acids is 1. The molecule has 0 atom stereocenters. The van der Waals surface area contributed by atoms with E-state index >= 15 is 0 Å². The number of rotatable bonds is 3. The third-order valence-corrected chi connectivity index (χ3v) is 2.38. The van der Waals surface area contributed by atoms with E-state index < -0.39 is 11.9 Å². The number of carboxylic acid groups (broad SMARTS) is 1. The van der Waals surface area contributed by atoms with Crippen molar-refractivity contribution in [3.05, 3.63) is 35.9 Å². The lowest BCUT2D eigenvalue weighted by Gasteiger charge is -2.05. The summed E-state index contributed by atoms with van der Waals surface area (Å²) in [6.45, 7) is 0. The number of aromatic carboxylic acids is 1. The number of carbonyl (C=O) groups excluding carboxylic acids is 1. The summed E-state index contributed by atoms with van der Waals surface area (Å²) in [4.78, 5) is 25.9. The van der Waals surface area contributed by atoms with Crippen LogP contribution in [0.15, 0.2) is 24.5 Å². The molecule has 2 aromatic rings. The van der Waals surface area contributed by atoms with E-state index in [0.29, 0.717) is 11.4 Å². The summed E-state index contributed by atoms with van der Waals surface area (Å²) in [6.07, 6.45) is 1.25. The second-order valence-corrected chi connectivity index (χ2v) is 3.58. The van der Waals surface area contributed by atoms with Crippen LogP contribution >= 0.6 is 0 Å². The Bertz CT molecular complexity index is 650. The van der Waals surface area contributed by atoms with Crippen LogP contribution in [0.1, 0.15) is 21.0 Å². The van der Waals surface area contributed by atoms with Gasteiger partial charge in [-0.2, -0.15) is 0 Å².